The van der Waals surface area contributed by atoms with Crippen LogP contribution < -0.4 is 5.32 Å². The van der Waals surface area contributed by atoms with Crippen molar-refractivity contribution in [3.05, 3.63) is 47.9 Å². The maximum absolute atomic E-state index is 12.6. The molecule has 2 heterocycles. The van der Waals surface area contributed by atoms with Gasteiger partial charge >= 0.3 is 0 Å². The van der Waals surface area contributed by atoms with E-state index in [9.17, 15) is 4.79 Å². The minimum atomic E-state index is -0.328. The molecule has 0 fully saturated rings. The third-order valence-corrected chi connectivity index (χ3v) is 3.57. The average Bonchev–Trinajstić information content (AvgIpc) is 3.24. The van der Waals surface area contributed by atoms with Crippen molar-refractivity contribution >= 4 is 11.6 Å². The van der Waals surface area contributed by atoms with Crippen LogP contribution >= 0.6 is 0 Å². The summed E-state index contributed by atoms with van der Waals surface area (Å²) < 4.78 is 6.93. The number of anilines is 1. The number of aromatic nitrogens is 5. The van der Waals surface area contributed by atoms with Gasteiger partial charge in [0.15, 0.2) is 17.9 Å². The van der Waals surface area contributed by atoms with Crippen LogP contribution in [0.4, 0.5) is 5.69 Å². The van der Waals surface area contributed by atoms with Crippen LogP contribution in [0.5, 0.6) is 0 Å². The largest absolute Gasteiger partial charge is 0.447 e. The minimum absolute atomic E-state index is 0.0645. The fourth-order valence-corrected chi connectivity index (χ4v) is 2.39. The van der Waals surface area contributed by atoms with Gasteiger partial charge in [-0.25, -0.2) is 4.98 Å². The van der Waals surface area contributed by atoms with E-state index < -0.39 is 0 Å². The van der Waals surface area contributed by atoms with Crippen molar-refractivity contribution < 1.29 is 9.21 Å². The number of nitrogens with zero attached hydrogens (tertiary/aromatic N) is 5. The number of para-hydroxylation sites is 2. The lowest BCUT2D eigenvalue weighted by atomic mass is 10.1. The molecule has 1 aromatic carbocycles. The van der Waals surface area contributed by atoms with E-state index in [2.05, 4.69) is 25.8 Å². The highest BCUT2D eigenvalue weighted by Gasteiger charge is 2.20. The third-order valence-electron chi connectivity index (χ3n) is 3.57. The number of rotatable bonds is 5. The van der Waals surface area contributed by atoms with Crippen LogP contribution in [0, 0.1) is 0 Å². The first-order valence-electron chi connectivity index (χ1n) is 7.73. The first-order valence-corrected chi connectivity index (χ1v) is 7.73. The van der Waals surface area contributed by atoms with Gasteiger partial charge < -0.3 is 9.73 Å². The first-order chi connectivity index (χ1) is 11.6. The lowest BCUT2D eigenvalue weighted by molar-refractivity contribution is 0.102. The van der Waals surface area contributed by atoms with Gasteiger partial charge in [-0.05, 0) is 22.6 Å². The summed E-state index contributed by atoms with van der Waals surface area (Å²) >= 11 is 0. The standard InChI is InChI=1S/C16H18N6O2/c1-4-13-19-20-21-22(13)12-8-6-5-7-11(12)18-16(23)14-15(10(2)3)24-9-17-14/h5-10H,4H2,1-3H3,(H,18,23). The number of aryl methyl sites for hydroxylation is 1. The fraction of sp³-hybridized carbons (Fsp3) is 0.312. The monoisotopic (exact) mass is 326 g/mol. The van der Waals surface area contributed by atoms with Crippen molar-refractivity contribution in [2.24, 2.45) is 0 Å². The van der Waals surface area contributed by atoms with E-state index in [0.29, 0.717) is 29.4 Å². The second-order valence-electron chi connectivity index (χ2n) is 5.55. The SMILES string of the molecule is CCc1nnnn1-c1ccccc1NC(=O)c1ncoc1C(C)C. The number of nitrogens with one attached hydrogen (secondary N) is 1. The molecule has 0 spiro atoms. The smallest absolute Gasteiger partial charge is 0.277 e. The van der Waals surface area contributed by atoms with Gasteiger partial charge in [-0.15, -0.1) is 5.10 Å². The Kier molecular flexibility index (Phi) is 4.37. The molecule has 1 N–H and O–H groups in total. The molecule has 3 rings (SSSR count). The number of hydrogen-bond acceptors (Lipinski definition) is 6. The molecule has 0 aliphatic carbocycles. The Balaban J connectivity index is 1.94. The molecular weight excluding hydrogens is 308 g/mol. The second-order valence-corrected chi connectivity index (χ2v) is 5.55. The van der Waals surface area contributed by atoms with Gasteiger partial charge in [0.2, 0.25) is 0 Å². The number of carbonyl (C=O) groups is 1. The molecule has 3 aromatic rings. The topological polar surface area (TPSA) is 98.7 Å². The Morgan fingerprint density at radius 2 is 2.12 bits per heavy atom. The zero-order valence-corrected chi connectivity index (χ0v) is 13.7. The number of benzene rings is 1. The molecule has 0 unspecified atom stereocenters. The molecule has 1 amide bonds. The molecule has 8 heteroatoms. The van der Waals surface area contributed by atoms with Crippen molar-refractivity contribution in [2.45, 2.75) is 33.1 Å². The molecule has 0 aliphatic rings. The maximum atomic E-state index is 12.6. The number of amides is 1. The molecule has 8 nitrogen and oxygen atoms in total. The quantitative estimate of drug-likeness (QED) is 0.773. The number of oxazole rings is 1. The molecule has 24 heavy (non-hydrogen) atoms. The van der Waals surface area contributed by atoms with E-state index in [1.807, 2.05) is 39.0 Å². The zero-order chi connectivity index (χ0) is 17.1. The van der Waals surface area contributed by atoms with E-state index in [0.717, 1.165) is 0 Å². The lowest BCUT2D eigenvalue weighted by Crippen LogP contribution is -2.17. The molecule has 0 saturated carbocycles. The highest BCUT2D eigenvalue weighted by molar-refractivity contribution is 6.04. The van der Waals surface area contributed by atoms with Crippen molar-refractivity contribution in [1.82, 2.24) is 25.2 Å². The predicted molar refractivity (Wildman–Crippen MR) is 87.1 cm³/mol. The predicted octanol–water partition coefficient (Wildman–Crippen LogP) is 2.59. The lowest BCUT2D eigenvalue weighted by Gasteiger charge is -2.11. The van der Waals surface area contributed by atoms with Crippen molar-refractivity contribution in [3.8, 4) is 5.69 Å². The zero-order valence-electron chi connectivity index (χ0n) is 13.7. The Morgan fingerprint density at radius 1 is 1.33 bits per heavy atom. The Bertz CT molecular complexity index is 852. The summed E-state index contributed by atoms with van der Waals surface area (Å²) in [6.07, 6.45) is 1.96. The van der Waals surface area contributed by atoms with E-state index in [-0.39, 0.29) is 17.5 Å². The first kappa shape index (κ1) is 15.9. The van der Waals surface area contributed by atoms with E-state index in [1.54, 1.807) is 10.7 Å². The van der Waals surface area contributed by atoms with Crippen LogP contribution in [0.1, 0.15) is 48.8 Å². The van der Waals surface area contributed by atoms with Gasteiger partial charge in [0.25, 0.3) is 5.91 Å². The van der Waals surface area contributed by atoms with Crippen molar-refractivity contribution in [3.63, 3.8) is 0 Å². The molecule has 2 aromatic heterocycles. The summed E-state index contributed by atoms with van der Waals surface area (Å²) in [5, 5.41) is 14.6. The van der Waals surface area contributed by atoms with E-state index >= 15 is 0 Å². The molecule has 0 radical (unpaired) electrons. The minimum Gasteiger partial charge on any atom is -0.447 e. The second kappa shape index (κ2) is 6.61. The van der Waals surface area contributed by atoms with E-state index in [4.69, 9.17) is 4.42 Å². The Labute approximate surface area is 138 Å². The van der Waals surface area contributed by atoms with Gasteiger partial charge in [0.1, 0.15) is 5.76 Å². The van der Waals surface area contributed by atoms with Gasteiger partial charge in [0, 0.05) is 12.3 Å². The molecular formula is C16H18N6O2. The van der Waals surface area contributed by atoms with Crippen LogP contribution in [0.25, 0.3) is 5.69 Å². The molecule has 0 bridgehead atoms. The van der Waals surface area contributed by atoms with Crippen LogP contribution in [-0.4, -0.2) is 31.1 Å². The van der Waals surface area contributed by atoms with Crippen LogP contribution in [0.2, 0.25) is 0 Å². The normalized spacial score (nSPS) is 11.0. The summed E-state index contributed by atoms with van der Waals surface area (Å²) in [7, 11) is 0. The van der Waals surface area contributed by atoms with E-state index in [1.165, 1.54) is 6.39 Å². The summed E-state index contributed by atoms with van der Waals surface area (Å²) in [5.74, 6) is 1.00. The summed E-state index contributed by atoms with van der Waals surface area (Å²) in [6, 6.07) is 7.34. The summed E-state index contributed by atoms with van der Waals surface area (Å²) in [5.41, 5.74) is 1.58. The maximum Gasteiger partial charge on any atom is 0.277 e. The van der Waals surface area contributed by atoms with Crippen LogP contribution in [0.3, 0.4) is 0 Å². The van der Waals surface area contributed by atoms with Gasteiger partial charge in [-0.3, -0.25) is 4.79 Å². The molecule has 124 valence electrons. The van der Waals surface area contributed by atoms with Gasteiger partial charge in [-0.2, -0.15) is 4.68 Å². The molecule has 0 atom stereocenters. The van der Waals surface area contributed by atoms with Gasteiger partial charge in [0.05, 0.1) is 11.4 Å². The average molecular weight is 326 g/mol. The number of tetrazole rings is 1. The third kappa shape index (κ3) is 2.90. The Morgan fingerprint density at radius 3 is 2.88 bits per heavy atom. The number of carbonyl (C=O) groups excluding carboxylic acids is 1. The summed E-state index contributed by atoms with van der Waals surface area (Å²) in [4.78, 5) is 16.6. The molecule has 0 saturated heterocycles. The van der Waals surface area contributed by atoms with Crippen LogP contribution in [0.15, 0.2) is 35.1 Å². The molecule has 0 aliphatic heterocycles. The van der Waals surface area contributed by atoms with Crippen molar-refractivity contribution in [2.75, 3.05) is 5.32 Å². The number of hydrogen-bond donors (Lipinski definition) is 1. The fourth-order valence-electron chi connectivity index (χ4n) is 2.39. The highest BCUT2D eigenvalue weighted by atomic mass is 16.3. The van der Waals surface area contributed by atoms with Crippen LogP contribution in [-0.2, 0) is 6.42 Å². The highest BCUT2D eigenvalue weighted by Crippen LogP contribution is 2.23. The van der Waals surface area contributed by atoms with Gasteiger partial charge in [-0.1, -0.05) is 32.9 Å². The summed E-state index contributed by atoms with van der Waals surface area (Å²) in [6.45, 7) is 5.85. The Hall–Kier alpha value is -3.03. The van der Waals surface area contributed by atoms with Crippen molar-refractivity contribution in [1.29, 1.82) is 0 Å².